The van der Waals surface area contributed by atoms with Gasteiger partial charge in [-0.25, -0.2) is 0 Å². The van der Waals surface area contributed by atoms with Gasteiger partial charge in [0, 0.05) is 18.9 Å². The van der Waals surface area contributed by atoms with E-state index >= 15 is 0 Å². The highest BCUT2D eigenvalue weighted by Crippen LogP contribution is 2.28. The van der Waals surface area contributed by atoms with Crippen molar-refractivity contribution in [3.05, 3.63) is 11.7 Å². The smallest absolute Gasteiger partial charge is 0.227 e. The van der Waals surface area contributed by atoms with Gasteiger partial charge in [0.2, 0.25) is 11.8 Å². The Bertz CT molecular complexity index is 454. The molecule has 6 heteroatoms. The van der Waals surface area contributed by atoms with E-state index < -0.39 is 0 Å². The van der Waals surface area contributed by atoms with Crippen LogP contribution in [0.3, 0.4) is 0 Å². The highest BCUT2D eigenvalue weighted by Gasteiger charge is 2.28. The van der Waals surface area contributed by atoms with Crippen molar-refractivity contribution >= 4 is 17.7 Å². The molecule has 0 unspecified atom stereocenters. The van der Waals surface area contributed by atoms with E-state index in [-0.39, 0.29) is 5.91 Å². The minimum absolute atomic E-state index is 0.0882. The predicted molar refractivity (Wildman–Crippen MR) is 83.9 cm³/mol. The summed E-state index contributed by atoms with van der Waals surface area (Å²) < 4.78 is 5.15. The molecule has 1 fully saturated rings. The average Bonchev–Trinajstić information content (AvgIpc) is 2.89. The number of nitrogens with zero attached hydrogens (tertiary/aromatic N) is 2. The Morgan fingerprint density at radius 3 is 2.76 bits per heavy atom. The molecule has 1 aliphatic rings. The monoisotopic (exact) mass is 311 g/mol. The summed E-state index contributed by atoms with van der Waals surface area (Å²) in [6.07, 6.45) is 6.61. The Kier molecular flexibility index (Phi) is 6.08. The lowest BCUT2D eigenvalue weighted by Gasteiger charge is -2.35. The van der Waals surface area contributed by atoms with E-state index in [0.717, 1.165) is 5.75 Å². The van der Waals surface area contributed by atoms with Crippen molar-refractivity contribution < 1.29 is 9.32 Å². The van der Waals surface area contributed by atoms with Crippen LogP contribution in [0.5, 0.6) is 0 Å². The van der Waals surface area contributed by atoms with E-state index in [2.05, 4.69) is 29.3 Å². The molecule has 1 heterocycles. The van der Waals surface area contributed by atoms with Gasteiger partial charge in [0.25, 0.3) is 0 Å². The number of thioether (sulfide) groups is 1. The SMILES string of the molecule is CSCc1noc(CCC(=O)NC2[C@H](C)CCC[C@H]2C)n1. The predicted octanol–water partition coefficient (Wildman–Crippen LogP) is 2.81. The fourth-order valence-corrected chi connectivity index (χ4v) is 3.40. The maximum absolute atomic E-state index is 12.1. The zero-order valence-electron chi connectivity index (χ0n) is 13.1. The van der Waals surface area contributed by atoms with Gasteiger partial charge in [0.05, 0.1) is 5.75 Å². The molecule has 0 aromatic carbocycles. The second kappa shape index (κ2) is 7.82. The highest BCUT2D eigenvalue weighted by molar-refractivity contribution is 7.97. The fraction of sp³-hybridized carbons (Fsp3) is 0.800. The molecule has 118 valence electrons. The van der Waals surface area contributed by atoms with E-state index in [1.54, 1.807) is 11.8 Å². The van der Waals surface area contributed by atoms with Crippen molar-refractivity contribution in [3.8, 4) is 0 Å². The van der Waals surface area contributed by atoms with Crippen LogP contribution >= 0.6 is 11.8 Å². The van der Waals surface area contributed by atoms with Crippen LogP contribution in [0.15, 0.2) is 4.52 Å². The van der Waals surface area contributed by atoms with Crippen molar-refractivity contribution in [1.82, 2.24) is 15.5 Å². The largest absolute Gasteiger partial charge is 0.353 e. The van der Waals surface area contributed by atoms with Crippen molar-refractivity contribution in [3.63, 3.8) is 0 Å². The lowest BCUT2D eigenvalue weighted by molar-refractivity contribution is -0.122. The van der Waals surface area contributed by atoms with E-state index in [0.29, 0.717) is 42.4 Å². The van der Waals surface area contributed by atoms with Gasteiger partial charge in [-0.1, -0.05) is 25.4 Å². The zero-order valence-corrected chi connectivity index (χ0v) is 13.9. The van der Waals surface area contributed by atoms with Gasteiger partial charge < -0.3 is 9.84 Å². The number of carbonyl (C=O) groups excluding carboxylic acids is 1. The van der Waals surface area contributed by atoms with E-state index in [1.165, 1.54) is 19.3 Å². The molecule has 0 spiro atoms. The summed E-state index contributed by atoms with van der Waals surface area (Å²) in [7, 11) is 0. The van der Waals surface area contributed by atoms with Crippen LogP contribution in [0.2, 0.25) is 0 Å². The average molecular weight is 311 g/mol. The van der Waals surface area contributed by atoms with Gasteiger partial charge in [0.15, 0.2) is 5.82 Å². The van der Waals surface area contributed by atoms with Gasteiger partial charge in [0.1, 0.15) is 0 Å². The zero-order chi connectivity index (χ0) is 15.2. The van der Waals surface area contributed by atoms with Crippen LogP contribution in [-0.4, -0.2) is 28.3 Å². The summed E-state index contributed by atoms with van der Waals surface area (Å²) in [5.74, 6) is 3.22. The summed E-state index contributed by atoms with van der Waals surface area (Å²) >= 11 is 1.65. The first-order valence-corrected chi connectivity index (χ1v) is 9.09. The number of amides is 1. The Labute approximate surface area is 130 Å². The van der Waals surface area contributed by atoms with Gasteiger partial charge >= 0.3 is 0 Å². The molecule has 5 nitrogen and oxygen atoms in total. The molecule has 1 N–H and O–H groups in total. The minimum Gasteiger partial charge on any atom is -0.353 e. The first kappa shape index (κ1) is 16.3. The van der Waals surface area contributed by atoms with Crippen LogP contribution in [0.25, 0.3) is 0 Å². The van der Waals surface area contributed by atoms with E-state index in [9.17, 15) is 4.79 Å². The van der Waals surface area contributed by atoms with Gasteiger partial charge in [-0.2, -0.15) is 16.7 Å². The Balaban J connectivity index is 1.78. The summed E-state index contributed by atoms with van der Waals surface area (Å²) in [6.45, 7) is 4.46. The summed E-state index contributed by atoms with van der Waals surface area (Å²) in [5, 5.41) is 7.07. The molecule has 0 bridgehead atoms. The first-order valence-electron chi connectivity index (χ1n) is 7.70. The molecule has 1 saturated carbocycles. The quantitative estimate of drug-likeness (QED) is 0.875. The number of rotatable bonds is 6. The van der Waals surface area contributed by atoms with E-state index in [4.69, 9.17) is 4.52 Å². The molecule has 1 aromatic heterocycles. The first-order chi connectivity index (χ1) is 10.1. The molecule has 0 aliphatic heterocycles. The van der Waals surface area contributed by atoms with Crippen molar-refractivity contribution in [2.75, 3.05) is 6.26 Å². The Morgan fingerprint density at radius 1 is 1.38 bits per heavy atom. The molecule has 1 amide bonds. The lowest BCUT2D eigenvalue weighted by atomic mass is 9.78. The van der Waals surface area contributed by atoms with Gasteiger partial charge in [-0.15, -0.1) is 0 Å². The summed E-state index contributed by atoms with van der Waals surface area (Å²) in [6, 6.07) is 0.306. The minimum atomic E-state index is 0.0882. The third kappa shape index (κ3) is 4.73. The number of hydrogen-bond donors (Lipinski definition) is 1. The standard InChI is InChI=1S/C15H25N3O2S/c1-10-5-4-6-11(2)15(10)17-13(19)7-8-14-16-12(9-21-3)18-20-14/h10-11,15H,4-9H2,1-3H3,(H,17,19)/t10-,11-/m1/s1. The molecular formula is C15H25N3O2S. The van der Waals surface area contributed by atoms with Gasteiger partial charge in [-0.3, -0.25) is 4.79 Å². The van der Waals surface area contributed by atoms with Crippen LogP contribution in [-0.2, 0) is 17.0 Å². The maximum Gasteiger partial charge on any atom is 0.227 e. The van der Waals surface area contributed by atoms with Crippen LogP contribution in [0.1, 0.15) is 51.2 Å². The molecule has 21 heavy (non-hydrogen) atoms. The van der Waals surface area contributed by atoms with E-state index in [1.807, 2.05) is 6.26 Å². The third-order valence-corrected chi connectivity index (χ3v) is 4.77. The molecule has 0 saturated heterocycles. The number of nitrogens with one attached hydrogen (secondary N) is 1. The Hall–Kier alpha value is -1.04. The molecule has 2 rings (SSSR count). The number of carbonyl (C=O) groups is 1. The summed E-state index contributed by atoms with van der Waals surface area (Å²) in [5.41, 5.74) is 0. The third-order valence-electron chi connectivity index (χ3n) is 4.22. The maximum atomic E-state index is 12.1. The van der Waals surface area contributed by atoms with Crippen LogP contribution in [0.4, 0.5) is 0 Å². The molecule has 2 atom stereocenters. The lowest BCUT2D eigenvalue weighted by Crippen LogP contribution is -2.45. The second-order valence-corrected chi connectivity index (χ2v) is 6.88. The second-order valence-electron chi connectivity index (χ2n) is 6.02. The molecular weight excluding hydrogens is 286 g/mol. The van der Waals surface area contributed by atoms with Crippen LogP contribution < -0.4 is 5.32 Å². The topological polar surface area (TPSA) is 68.0 Å². The molecule has 1 aromatic rings. The van der Waals surface area contributed by atoms with Crippen LogP contribution in [0, 0.1) is 11.8 Å². The van der Waals surface area contributed by atoms with Gasteiger partial charge in [-0.05, 0) is 30.9 Å². The van der Waals surface area contributed by atoms with Crippen molar-refractivity contribution in [1.29, 1.82) is 0 Å². The number of aromatic nitrogens is 2. The normalized spacial score (nSPS) is 23.2. The number of hydrogen-bond acceptors (Lipinski definition) is 5. The highest BCUT2D eigenvalue weighted by atomic mass is 32.2. The van der Waals surface area contributed by atoms with Crippen molar-refractivity contribution in [2.45, 2.75) is 57.7 Å². The fourth-order valence-electron chi connectivity index (χ4n) is 3.02. The Morgan fingerprint density at radius 2 is 2.10 bits per heavy atom. The molecule has 1 aliphatic carbocycles. The summed E-state index contributed by atoms with van der Waals surface area (Å²) in [4.78, 5) is 16.4. The van der Waals surface area contributed by atoms with Crippen molar-refractivity contribution in [2.24, 2.45) is 11.8 Å². The molecule has 0 radical (unpaired) electrons. The number of aryl methyl sites for hydroxylation is 1.